The third-order valence-electron chi connectivity index (χ3n) is 8.11. The van der Waals surface area contributed by atoms with Crippen LogP contribution in [0.1, 0.15) is 28.3 Å². The Morgan fingerprint density at radius 3 is 2.48 bits per heavy atom. The smallest absolute Gasteiger partial charge is 0.240 e. The quantitative estimate of drug-likeness (QED) is 0.208. The second-order valence-electron chi connectivity index (χ2n) is 11.1. The molecule has 0 unspecified atom stereocenters. The van der Waals surface area contributed by atoms with Crippen LogP contribution in [0, 0.1) is 0 Å². The van der Waals surface area contributed by atoms with E-state index in [2.05, 4.69) is 15.5 Å². The van der Waals surface area contributed by atoms with E-state index in [1.54, 1.807) is 0 Å². The lowest BCUT2D eigenvalue weighted by Gasteiger charge is -2.30. The van der Waals surface area contributed by atoms with Gasteiger partial charge in [-0.2, -0.15) is 0 Å². The van der Waals surface area contributed by atoms with E-state index in [1.165, 1.54) is 0 Å². The van der Waals surface area contributed by atoms with Gasteiger partial charge in [0.1, 0.15) is 18.4 Å². The number of ether oxygens (including phenoxy) is 2. The molecule has 2 aliphatic rings. The van der Waals surface area contributed by atoms with Crippen LogP contribution in [0.25, 0.3) is 0 Å². The molecule has 3 aromatic rings. The van der Waals surface area contributed by atoms with Crippen molar-refractivity contribution in [2.24, 2.45) is 5.73 Å². The van der Waals surface area contributed by atoms with Crippen molar-refractivity contribution < 1.29 is 24.5 Å². The number of carbonyl (C=O) groups is 1. The first-order valence-electron chi connectivity index (χ1n) is 14.8. The monoisotopic (exact) mass is 574 g/mol. The summed E-state index contributed by atoms with van der Waals surface area (Å²) >= 11 is 0. The van der Waals surface area contributed by atoms with Gasteiger partial charge in [0.2, 0.25) is 5.91 Å². The molecule has 9 nitrogen and oxygen atoms in total. The number of aliphatic hydroxyl groups is 2. The molecule has 42 heavy (non-hydrogen) atoms. The number of nitrogens with two attached hydrogens (primary N) is 1. The van der Waals surface area contributed by atoms with Crippen molar-refractivity contribution in [3.05, 3.63) is 101 Å². The Kier molecular flexibility index (Phi) is 10.6. The van der Waals surface area contributed by atoms with Crippen molar-refractivity contribution in [3.63, 3.8) is 0 Å². The van der Waals surface area contributed by atoms with Gasteiger partial charge in [-0.3, -0.25) is 15.0 Å². The highest BCUT2D eigenvalue weighted by molar-refractivity contribution is 5.83. The Hall–Kier alpha value is -3.31. The summed E-state index contributed by atoms with van der Waals surface area (Å²) in [7, 11) is 0. The van der Waals surface area contributed by atoms with Crippen LogP contribution in [0.15, 0.2) is 78.9 Å². The summed E-state index contributed by atoms with van der Waals surface area (Å²) in [6, 6.07) is 22.9. The van der Waals surface area contributed by atoms with Crippen molar-refractivity contribution in [1.82, 2.24) is 15.5 Å². The summed E-state index contributed by atoms with van der Waals surface area (Å²) < 4.78 is 11.3. The summed E-state index contributed by atoms with van der Waals surface area (Å²) in [5.74, 6) is 0.370. The van der Waals surface area contributed by atoms with Gasteiger partial charge < -0.3 is 30.7 Å². The van der Waals surface area contributed by atoms with E-state index >= 15 is 0 Å². The van der Waals surface area contributed by atoms with Crippen molar-refractivity contribution in [2.75, 3.05) is 39.5 Å². The van der Waals surface area contributed by atoms with E-state index in [4.69, 9.17) is 15.2 Å². The van der Waals surface area contributed by atoms with E-state index in [9.17, 15) is 15.0 Å². The minimum Gasteiger partial charge on any atom is -0.492 e. The van der Waals surface area contributed by atoms with Crippen LogP contribution in [0.3, 0.4) is 0 Å². The molecule has 0 radical (unpaired) electrons. The lowest BCUT2D eigenvalue weighted by Crippen LogP contribution is -2.58. The topological polar surface area (TPSA) is 129 Å². The molecule has 9 heteroatoms. The summed E-state index contributed by atoms with van der Waals surface area (Å²) in [4.78, 5) is 16.0. The number of benzene rings is 3. The Bertz CT molecular complexity index is 1270. The zero-order valence-electron chi connectivity index (χ0n) is 23.9. The minimum absolute atomic E-state index is 0.338. The van der Waals surface area contributed by atoms with Crippen LogP contribution in [0.2, 0.25) is 0 Å². The number of hydrogen-bond donors (Lipinski definition) is 5. The van der Waals surface area contributed by atoms with Gasteiger partial charge in [-0.1, -0.05) is 66.7 Å². The Balaban J connectivity index is 1.22. The molecule has 0 saturated carbocycles. The highest BCUT2D eigenvalue weighted by Gasteiger charge is 2.37. The maximum absolute atomic E-state index is 13.6. The summed E-state index contributed by atoms with van der Waals surface area (Å²) in [6.45, 7) is 5.17. The molecule has 6 N–H and O–H groups in total. The van der Waals surface area contributed by atoms with Crippen LogP contribution in [0.5, 0.6) is 5.75 Å². The Labute approximate surface area is 247 Å². The molecule has 5 rings (SSSR count). The van der Waals surface area contributed by atoms with Crippen LogP contribution in [-0.2, 0) is 28.9 Å². The van der Waals surface area contributed by atoms with E-state index in [-0.39, 0.29) is 0 Å². The van der Waals surface area contributed by atoms with Gasteiger partial charge in [-0.15, -0.1) is 0 Å². The van der Waals surface area contributed by atoms with Gasteiger partial charge in [0.15, 0.2) is 0 Å². The summed E-state index contributed by atoms with van der Waals surface area (Å²) in [5.41, 5.74) is 10.3. The molecule has 3 aromatic carbocycles. The van der Waals surface area contributed by atoms with Gasteiger partial charge >= 0.3 is 0 Å². The number of carbonyl (C=O) groups excluding carboxylic acids is 1. The lowest BCUT2D eigenvalue weighted by atomic mass is 9.95. The van der Waals surface area contributed by atoms with Gasteiger partial charge in [-0.05, 0) is 40.8 Å². The fourth-order valence-corrected chi connectivity index (χ4v) is 5.66. The van der Waals surface area contributed by atoms with Gasteiger partial charge in [0, 0.05) is 38.6 Å². The number of morpholine rings is 1. The van der Waals surface area contributed by atoms with Crippen molar-refractivity contribution >= 4 is 5.91 Å². The summed E-state index contributed by atoms with van der Waals surface area (Å²) in [6.07, 6.45) is -1.02. The molecule has 1 aliphatic carbocycles. The maximum Gasteiger partial charge on any atom is 0.240 e. The van der Waals surface area contributed by atoms with Crippen molar-refractivity contribution in [2.45, 2.75) is 49.7 Å². The highest BCUT2D eigenvalue weighted by atomic mass is 16.5. The molecule has 5 atom stereocenters. The van der Waals surface area contributed by atoms with Crippen LogP contribution in [-0.4, -0.2) is 84.8 Å². The fraction of sp³-hybridized carbons (Fsp3) is 0.424. The molecule has 1 fully saturated rings. The van der Waals surface area contributed by atoms with E-state index in [0.29, 0.717) is 26.0 Å². The molecular weight excluding hydrogens is 532 g/mol. The fourth-order valence-electron chi connectivity index (χ4n) is 5.66. The average Bonchev–Trinajstić information content (AvgIpc) is 3.33. The highest BCUT2D eigenvalue weighted by Crippen LogP contribution is 2.31. The zero-order valence-corrected chi connectivity index (χ0v) is 23.9. The predicted octanol–water partition coefficient (Wildman–Crippen LogP) is 1.56. The van der Waals surface area contributed by atoms with E-state index < -0.39 is 36.2 Å². The SMILES string of the molecule is N[C@@H](Cc1ccccc1)[C@@H](O)[C@@H](NCc1ccc(OCCN2CCOCC2)cc1)C(=O)N[C@H]1c2ccccc2C[C@H]1O. The van der Waals surface area contributed by atoms with Crippen LogP contribution < -0.4 is 21.1 Å². The van der Waals surface area contributed by atoms with Crippen LogP contribution in [0.4, 0.5) is 0 Å². The first-order chi connectivity index (χ1) is 20.5. The molecule has 1 saturated heterocycles. The Morgan fingerprint density at radius 1 is 1.00 bits per heavy atom. The third-order valence-corrected chi connectivity index (χ3v) is 8.11. The molecular formula is C33H42N4O5. The number of aliphatic hydroxyl groups excluding tert-OH is 2. The predicted molar refractivity (Wildman–Crippen MR) is 161 cm³/mol. The Morgan fingerprint density at radius 2 is 1.71 bits per heavy atom. The first-order valence-corrected chi connectivity index (χ1v) is 14.8. The number of nitrogens with one attached hydrogen (secondary N) is 2. The number of nitrogens with zero attached hydrogens (tertiary/aromatic N) is 1. The molecule has 0 spiro atoms. The number of rotatable bonds is 13. The molecule has 1 amide bonds. The van der Waals surface area contributed by atoms with Crippen LogP contribution >= 0.6 is 0 Å². The summed E-state index contributed by atoms with van der Waals surface area (Å²) in [5, 5.41) is 28.3. The zero-order chi connectivity index (χ0) is 29.3. The number of amides is 1. The number of hydrogen-bond acceptors (Lipinski definition) is 8. The standard InChI is InChI=1S/C33H42N4O5/c34-28(20-23-6-2-1-3-7-23)32(39)31(33(40)36-30-27-9-5-4-8-25(27)21-29(30)38)35-22-24-10-12-26(13-11-24)42-19-16-37-14-17-41-18-15-37/h1-13,28-32,35,38-39H,14-22,34H2,(H,36,40)/t28-,29+,30-,31+,32+/m0/s1. The minimum atomic E-state index is -1.17. The second-order valence-corrected chi connectivity index (χ2v) is 11.1. The molecule has 1 heterocycles. The second kappa shape index (κ2) is 14.7. The molecule has 224 valence electrons. The largest absolute Gasteiger partial charge is 0.492 e. The number of fused-ring (bicyclic) bond motifs is 1. The first kappa shape index (κ1) is 30.2. The normalized spacial score (nSPS) is 20.8. The van der Waals surface area contributed by atoms with E-state index in [1.807, 2.05) is 78.9 Å². The van der Waals surface area contributed by atoms with Crippen molar-refractivity contribution in [1.29, 1.82) is 0 Å². The lowest BCUT2D eigenvalue weighted by molar-refractivity contribution is -0.128. The molecule has 0 aromatic heterocycles. The van der Waals surface area contributed by atoms with E-state index in [0.717, 1.165) is 60.9 Å². The third kappa shape index (κ3) is 7.95. The van der Waals surface area contributed by atoms with Gasteiger partial charge in [0.25, 0.3) is 0 Å². The average molecular weight is 575 g/mol. The maximum atomic E-state index is 13.6. The van der Waals surface area contributed by atoms with Crippen molar-refractivity contribution in [3.8, 4) is 5.75 Å². The molecule has 1 aliphatic heterocycles. The van der Waals surface area contributed by atoms with Gasteiger partial charge in [-0.25, -0.2) is 0 Å². The van der Waals surface area contributed by atoms with Gasteiger partial charge in [0.05, 0.1) is 31.5 Å². The molecule has 0 bridgehead atoms.